The molecule has 4 bridgehead atoms. The van der Waals surface area contributed by atoms with Gasteiger partial charge in [0.1, 0.15) is 23.3 Å². The van der Waals surface area contributed by atoms with Crippen LogP contribution in [0.4, 0.5) is 5.69 Å². The lowest BCUT2D eigenvalue weighted by Gasteiger charge is -2.32. The van der Waals surface area contributed by atoms with Gasteiger partial charge in [-0.2, -0.15) is 5.26 Å². The molecular formula is C56H72N8O8. The van der Waals surface area contributed by atoms with Crippen LogP contribution in [0.3, 0.4) is 0 Å². The van der Waals surface area contributed by atoms with E-state index in [1.807, 2.05) is 42.5 Å². The smallest absolute Gasteiger partial charge is 0.226 e. The summed E-state index contributed by atoms with van der Waals surface area (Å²) in [5.41, 5.74) is 28.9. The van der Waals surface area contributed by atoms with Gasteiger partial charge >= 0.3 is 0 Å². The van der Waals surface area contributed by atoms with Crippen LogP contribution >= 0.6 is 0 Å². The van der Waals surface area contributed by atoms with Crippen LogP contribution in [-0.4, -0.2) is 91.1 Å². The van der Waals surface area contributed by atoms with Crippen LogP contribution in [0.2, 0.25) is 0 Å². The maximum Gasteiger partial charge on any atom is 0.226 e. The molecule has 1 fully saturated rings. The number of aryl methyl sites for hydroxylation is 1. The molecule has 1 aliphatic heterocycles. The molecule has 0 unspecified atom stereocenters. The second-order valence-corrected chi connectivity index (χ2v) is 19.1. The third kappa shape index (κ3) is 14.3. The van der Waals surface area contributed by atoms with Crippen molar-refractivity contribution in [2.75, 3.05) is 45.6 Å². The summed E-state index contributed by atoms with van der Waals surface area (Å²) in [6.45, 7) is 4.72. The average Bonchev–Trinajstić information content (AvgIpc) is 3.64. The molecule has 0 saturated heterocycles. The first-order valence-electron chi connectivity index (χ1n) is 25.5. The summed E-state index contributed by atoms with van der Waals surface area (Å²) in [4.78, 5) is 77.7. The quantitative estimate of drug-likeness (QED) is 0.0316. The first kappa shape index (κ1) is 54.7. The fourth-order valence-electron chi connectivity index (χ4n) is 9.62. The van der Waals surface area contributed by atoms with E-state index in [2.05, 4.69) is 5.32 Å². The summed E-state index contributed by atoms with van der Waals surface area (Å²) in [5, 5.41) is 12.2. The van der Waals surface area contributed by atoms with Crippen molar-refractivity contribution in [2.45, 2.75) is 122 Å². The number of rotatable bonds is 21. The number of hydrogen-bond acceptors (Lipinski definition) is 14. The van der Waals surface area contributed by atoms with E-state index in [1.165, 1.54) is 37.6 Å². The number of nitriles is 1. The lowest BCUT2D eigenvalue weighted by atomic mass is 9.88. The maximum atomic E-state index is 14.9. The second kappa shape index (κ2) is 26.7. The largest absolute Gasteiger partial charge is 0.493 e. The fourth-order valence-corrected chi connectivity index (χ4v) is 9.62. The number of likely N-dealkylation sites (N-methyl/N-ethyl adjacent to an activating group) is 1. The number of aromatic nitrogens is 1. The zero-order valence-electron chi connectivity index (χ0n) is 42.1. The number of carbonyl (C=O) groups excluding carboxylic acids is 5. The highest BCUT2D eigenvalue weighted by molar-refractivity contribution is 6.04. The number of Topliss-reactive ketones (excluding diaryl/α,β-unsaturated/α-hetero) is 3. The van der Waals surface area contributed by atoms with Crippen LogP contribution in [0.25, 0.3) is 22.4 Å². The molecule has 16 nitrogen and oxygen atoms in total. The Morgan fingerprint density at radius 3 is 2.14 bits per heavy atom. The molecule has 4 atom stereocenters. The van der Waals surface area contributed by atoms with Crippen LogP contribution < -0.4 is 42.5 Å². The summed E-state index contributed by atoms with van der Waals surface area (Å²) in [7, 11) is 1.51. The first-order valence-corrected chi connectivity index (χ1v) is 25.5. The lowest BCUT2D eigenvalue weighted by molar-refractivity contribution is -0.142. The van der Waals surface area contributed by atoms with E-state index in [1.54, 1.807) is 44.2 Å². The van der Waals surface area contributed by atoms with Crippen LogP contribution in [0, 0.1) is 30.1 Å². The van der Waals surface area contributed by atoms with E-state index in [0.29, 0.717) is 77.7 Å². The lowest BCUT2D eigenvalue weighted by Crippen LogP contribution is -2.46. The molecule has 384 valence electrons. The fraction of sp³-hybridized carbons (Fsp3) is 0.482. The Labute approximate surface area is 423 Å². The van der Waals surface area contributed by atoms with Gasteiger partial charge < -0.3 is 47.4 Å². The van der Waals surface area contributed by atoms with Gasteiger partial charge in [-0.15, -0.1) is 0 Å². The standard InChI is InChI=1S/C56H72N8O8/c1-35-29-50(67)54(39-17-21-52(71-28-10-25-59)44(32-39)43-30-37(14-20-51(43)70-27-9-24-58)31-47(63-55(35)68)48(65)13-8-23-57)64(3)56(69)40(22-26-60)33-49(66)53-36(2)62-46(34-45(53)61)38-15-18-42(19-16-38)72-41-11-6-4-5-7-12-41/h14-21,30,32,34-35,40-41,47,54H,4-13,22,24-29,31,33,58-60H2,1-3H3,(H2,61,62)(H,63,68)/t35-,40-,47+,54+/m1/s1. The normalized spacial score (nSPS) is 17.9. The van der Waals surface area contributed by atoms with Gasteiger partial charge in [-0.05, 0) is 144 Å². The minimum Gasteiger partial charge on any atom is -0.493 e. The number of nitrogen functional groups attached to an aromatic ring is 1. The van der Waals surface area contributed by atoms with E-state index < -0.39 is 47.3 Å². The van der Waals surface area contributed by atoms with Crippen molar-refractivity contribution in [3.63, 3.8) is 0 Å². The van der Waals surface area contributed by atoms with E-state index in [-0.39, 0.29) is 74.8 Å². The Balaban J connectivity index is 1.34. The minimum absolute atomic E-state index is 0.0324. The predicted octanol–water partition coefficient (Wildman–Crippen LogP) is 7.11. The number of pyridine rings is 1. The average molecular weight is 985 g/mol. The van der Waals surface area contributed by atoms with Gasteiger partial charge in [0, 0.05) is 66.9 Å². The van der Waals surface area contributed by atoms with Gasteiger partial charge in [0.25, 0.3) is 0 Å². The molecule has 4 aromatic rings. The summed E-state index contributed by atoms with van der Waals surface area (Å²) in [6, 6.07) is 19.8. The highest BCUT2D eigenvalue weighted by Gasteiger charge is 2.37. The zero-order valence-corrected chi connectivity index (χ0v) is 42.1. The van der Waals surface area contributed by atoms with Gasteiger partial charge in [0.2, 0.25) is 11.8 Å². The van der Waals surface area contributed by atoms with Crippen molar-refractivity contribution < 1.29 is 38.2 Å². The number of fused-ring (bicyclic) bond motifs is 5. The molecule has 9 N–H and O–H groups in total. The van der Waals surface area contributed by atoms with Crippen molar-refractivity contribution in [3.8, 4) is 45.7 Å². The molecule has 2 aliphatic rings. The van der Waals surface area contributed by atoms with Crippen molar-refractivity contribution in [1.29, 1.82) is 5.26 Å². The first-order chi connectivity index (χ1) is 34.8. The Morgan fingerprint density at radius 1 is 0.861 bits per heavy atom. The minimum atomic E-state index is -1.25. The summed E-state index contributed by atoms with van der Waals surface area (Å²) in [5.74, 6) is -2.42. The van der Waals surface area contributed by atoms with Gasteiger partial charge in [-0.3, -0.25) is 29.0 Å². The number of amides is 2. The van der Waals surface area contributed by atoms with Crippen molar-refractivity contribution in [1.82, 2.24) is 15.2 Å². The van der Waals surface area contributed by atoms with Gasteiger partial charge in [-0.1, -0.05) is 31.9 Å². The van der Waals surface area contributed by atoms with Crippen LogP contribution in [0.15, 0.2) is 66.7 Å². The monoisotopic (exact) mass is 985 g/mol. The Bertz CT molecular complexity index is 2550. The molecule has 1 saturated carbocycles. The van der Waals surface area contributed by atoms with Crippen LogP contribution in [-0.2, 0) is 25.6 Å². The molecule has 0 spiro atoms. The molecule has 1 aromatic heterocycles. The molecule has 2 heterocycles. The maximum absolute atomic E-state index is 14.9. The Kier molecular flexibility index (Phi) is 20.3. The second-order valence-electron chi connectivity index (χ2n) is 19.1. The van der Waals surface area contributed by atoms with E-state index in [9.17, 15) is 29.2 Å². The number of ketones is 3. The number of benzene rings is 3. The van der Waals surface area contributed by atoms with E-state index in [0.717, 1.165) is 24.2 Å². The SMILES string of the molecule is Cc1nc(-c2ccc(OC3CCCCCC3)cc2)cc(N)c1C(=O)C[C@@H](CCN)C(=O)N(C)[C@@H]1C(=O)C[C@@H](C)C(=O)N[C@H](C(=O)CCC#N)Cc2ccc(OCCCN)c(c2)-c2cc1ccc2OCCCN. The number of carbonyl (C=O) groups is 5. The zero-order chi connectivity index (χ0) is 51.7. The summed E-state index contributed by atoms with van der Waals surface area (Å²) in [6.07, 6.45) is 7.75. The van der Waals surface area contributed by atoms with Crippen molar-refractivity contribution in [3.05, 3.63) is 89.1 Å². The number of nitrogens with two attached hydrogens (primary N) is 4. The number of ether oxygens (including phenoxy) is 3. The molecule has 6 rings (SSSR count). The predicted molar refractivity (Wildman–Crippen MR) is 277 cm³/mol. The number of nitrogens with zero attached hydrogens (tertiary/aromatic N) is 3. The number of nitrogens with one attached hydrogen (secondary N) is 1. The summed E-state index contributed by atoms with van der Waals surface area (Å²) >= 11 is 0. The van der Waals surface area contributed by atoms with E-state index >= 15 is 0 Å². The van der Waals surface area contributed by atoms with Crippen molar-refractivity contribution in [2.24, 2.45) is 29.0 Å². The van der Waals surface area contributed by atoms with Gasteiger partial charge in [0.15, 0.2) is 17.3 Å². The molecular weight excluding hydrogens is 913 g/mol. The number of hydrogen-bond donors (Lipinski definition) is 5. The third-order valence-electron chi connectivity index (χ3n) is 13.5. The van der Waals surface area contributed by atoms with Crippen LogP contribution in [0.1, 0.15) is 124 Å². The molecule has 72 heavy (non-hydrogen) atoms. The Hall–Kier alpha value is -6.67. The van der Waals surface area contributed by atoms with Crippen LogP contribution in [0.5, 0.6) is 17.2 Å². The number of anilines is 1. The summed E-state index contributed by atoms with van der Waals surface area (Å²) < 4.78 is 18.9. The molecule has 3 aromatic carbocycles. The molecule has 2 amide bonds. The van der Waals surface area contributed by atoms with Crippen molar-refractivity contribution >= 4 is 34.9 Å². The van der Waals surface area contributed by atoms with E-state index in [4.69, 9.17) is 42.1 Å². The molecule has 16 heteroatoms. The third-order valence-corrected chi connectivity index (χ3v) is 13.5. The topological polar surface area (TPSA) is 269 Å². The van der Waals surface area contributed by atoms with Gasteiger partial charge in [-0.25, -0.2) is 0 Å². The molecule has 1 aliphatic carbocycles. The molecule has 0 radical (unpaired) electrons. The highest BCUT2D eigenvalue weighted by atomic mass is 16.5. The van der Waals surface area contributed by atoms with Gasteiger partial charge in [0.05, 0.1) is 48.4 Å². The highest BCUT2D eigenvalue weighted by Crippen LogP contribution is 2.41. The Morgan fingerprint density at radius 2 is 1.51 bits per heavy atom.